The second kappa shape index (κ2) is 7.04. The molecule has 2 aromatic heterocycles. The van der Waals surface area contributed by atoms with E-state index < -0.39 is 0 Å². The molecular weight excluding hydrogens is 310 g/mol. The summed E-state index contributed by atoms with van der Waals surface area (Å²) in [6.45, 7) is 0.675. The number of fused-ring (bicyclic) bond motifs is 3. The molecule has 1 amide bonds. The molecule has 0 fully saturated rings. The number of aromatic nitrogens is 4. The number of thiol groups is 1. The Kier molecular flexibility index (Phi) is 4.85. The fourth-order valence-corrected chi connectivity index (χ4v) is 2.99. The number of amides is 1. The lowest BCUT2D eigenvalue weighted by Gasteiger charge is -2.03. The van der Waals surface area contributed by atoms with E-state index in [0.29, 0.717) is 12.2 Å². The van der Waals surface area contributed by atoms with E-state index in [4.69, 9.17) is 0 Å². The molecule has 2 N–H and O–H groups in total. The van der Waals surface area contributed by atoms with Gasteiger partial charge in [-0.15, -0.1) is 0 Å². The summed E-state index contributed by atoms with van der Waals surface area (Å²) in [6, 6.07) is 3.89. The van der Waals surface area contributed by atoms with E-state index in [1.54, 1.807) is 10.9 Å². The molecule has 3 aromatic rings. The van der Waals surface area contributed by atoms with Gasteiger partial charge in [-0.25, -0.2) is 0 Å². The maximum Gasteiger partial charge on any atom is 0.272 e. The summed E-state index contributed by atoms with van der Waals surface area (Å²) in [5, 5.41) is 16.2. The molecule has 2 heterocycles. The van der Waals surface area contributed by atoms with Crippen LogP contribution < -0.4 is 5.32 Å². The maximum atomic E-state index is 12.3. The van der Waals surface area contributed by atoms with Gasteiger partial charge < -0.3 is 5.32 Å². The molecule has 0 saturated carbocycles. The Hall–Kier alpha value is -2.02. The third-order valence-corrected chi connectivity index (χ3v) is 4.37. The van der Waals surface area contributed by atoms with Gasteiger partial charge in [-0.2, -0.15) is 22.8 Å². The standard InChI is InChI=1S/C16H21N5OS/c1-21-13-7-6-11-14(12(13)10-18-21)19-20-15(11)16(22)17-8-4-2-3-5-9-23/h6-7,10,23H,2-5,8-9H2,1H3,(H,17,22)(H,19,20). The zero-order valence-corrected chi connectivity index (χ0v) is 14.1. The minimum absolute atomic E-state index is 0.131. The van der Waals surface area contributed by atoms with Crippen molar-refractivity contribution in [1.29, 1.82) is 0 Å². The van der Waals surface area contributed by atoms with E-state index in [9.17, 15) is 4.79 Å². The fourth-order valence-electron chi connectivity index (χ4n) is 2.77. The normalized spacial score (nSPS) is 11.4. The average molecular weight is 331 g/mol. The molecule has 122 valence electrons. The predicted molar refractivity (Wildman–Crippen MR) is 95.0 cm³/mol. The number of hydrogen-bond donors (Lipinski definition) is 3. The van der Waals surface area contributed by atoms with E-state index in [0.717, 1.165) is 53.2 Å². The van der Waals surface area contributed by atoms with Crippen molar-refractivity contribution in [2.75, 3.05) is 12.3 Å². The van der Waals surface area contributed by atoms with E-state index in [2.05, 4.69) is 33.2 Å². The minimum atomic E-state index is -0.131. The van der Waals surface area contributed by atoms with Gasteiger partial charge in [0.15, 0.2) is 5.69 Å². The van der Waals surface area contributed by atoms with Gasteiger partial charge in [0, 0.05) is 24.4 Å². The Labute approximate surface area is 140 Å². The number of rotatable bonds is 7. The van der Waals surface area contributed by atoms with E-state index in [1.165, 1.54) is 0 Å². The van der Waals surface area contributed by atoms with Crippen molar-refractivity contribution < 1.29 is 4.79 Å². The Bertz CT molecular complexity index is 822. The van der Waals surface area contributed by atoms with Crippen molar-refractivity contribution in [2.45, 2.75) is 25.7 Å². The number of aromatic amines is 1. The highest BCUT2D eigenvalue weighted by atomic mass is 32.1. The molecule has 6 nitrogen and oxygen atoms in total. The molecular formula is C16H21N5OS. The van der Waals surface area contributed by atoms with Crippen molar-refractivity contribution in [3.05, 3.63) is 24.0 Å². The van der Waals surface area contributed by atoms with E-state index >= 15 is 0 Å². The highest BCUT2D eigenvalue weighted by Gasteiger charge is 2.16. The summed E-state index contributed by atoms with van der Waals surface area (Å²) in [7, 11) is 1.89. The molecule has 0 radical (unpaired) electrons. The average Bonchev–Trinajstić information content (AvgIpc) is 3.14. The summed E-state index contributed by atoms with van der Waals surface area (Å²) in [5.74, 6) is 0.794. The predicted octanol–water partition coefficient (Wildman–Crippen LogP) is 2.67. The molecule has 0 aliphatic heterocycles. The quantitative estimate of drug-likeness (QED) is 0.460. The second-order valence-electron chi connectivity index (χ2n) is 5.66. The summed E-state index contributed by atoms with van der Waals surface area (Å²) >= 11 is 4.19. The Morgan fingerprint density at radius 2 is 2.09 bits per heavy atom. The Balaban J connectivity index is 1.70. The first kappa shape index (κ1) is 15.9. The van der Waals surface area contributed by atoms with Crippen molar-refractivity contribution in [1.82, 2.24) is 25.3 Å². The smallest absolute Gasteiger partial charge is 0.272 e. The van der Waals surface area contributed by atoms with Crippen molar-refractivity contribution >= 4 is 40.3 Å². The van der Waals surface area contributed by atoms with Gasteiger partial charge in [0.25, 0.3) is 5.91 Å². The Morgan fingerprint density at radius 1 is 1.26 bits per heavy atom. The lowest BCUT2D eigenvalue weighted by Crippen LogP contribution is -2.25. The third-order valence-electron chi connectivity index (χ3n) is 4.05. The van der Waals surface area contributed by atoms with Gasteiger partial charge in [-0.05, 0) is 30.7 Å². The van der Waals surface area contributed by atoms with Gasteiger partial charge in [-0.1, -0.05) is 12.8 Å². The summed E-state index contributed by atoms with van der Waals surface area (Å²) in [6.07, 6.45) is 6.16. The van der Waals surface area contributed by atoms with Crippen LogP contribution in [-0.2, 0) is 7.05 Å². The Morgan fingerprint density at radius 3 is 2.91 bits per heavy atom. The number of carbonyl (C=O) groups is 1. The van der Waals surface area contributed by atoms with Crippen molar-refractivity contribution in [2.24, 2.45) is 7.05 Å². The molecule has 7 heteroatoms. The van der Waals surface area contributed by atoms with Crippen molar-refractivity contribution in [3.8, 4) is 0 Å². The number of carbonyl (C=O) groups excluding carboxylic acids is 1. The fraction of sp³-hybridized carbons (Fsp3) is 0.438. The highest BCUT2D eigenvalue weighted by molar-refractivity contribution is 7.80. The largest absolute Gasteiger partial charge is 0.351 e. The second-order valence-corrected chi connectivity index (χ2v) is 6.10. The van der Waals surface area contributed by atoms with Gasteiger partial charge in [0.1, 0.15) is 0 Å². The van der Waals surface area contributed by atoms with Crippen LogP contribution >= 0.6 is 12.6 Å². The zero-order chi connectivity index (χ0) is 16.2. The van der Waals surface area contributed by atoms with Gasteiger partial charge in [0.05, 0.1) is 17.2 Å². The first-order chi connectivity index (χ1) is 11.2. The van der Waals surface area contributed by atoms with Crippen LogP contribution in [-0.4, -0.2) is 38.2 Å². The minimum Gasteiger partial charge on any atom is -0.351 e. The SMILES string of the molecule is Cn1ncc2c3[nH]nc(C(=O)NCCCCCCS)c3ccc21. The lowest BCUT2D eigenvalue weighted by atomic mass is 10.1. The van der Waals surface area contributed by atoms with Crippen LogP contribution in [0.5, 0.6) is 0 Å². The highest BCUT2D eigenvalue weighted by Crippen LogP contribution is 2.25. The zero-order valence-electron chi connectivity index (χ0n) is 13.2. The molecule has 0 bridgehead atoms. The number of nitrogens with one attached hydrogen (secondary N) is 2. The number of unbranched alkanes of at least 4 members (excludes halogenated alkanes) is 3. The number of H-pyrrole nitrogens is 1. The van der Waals surface area contributed by atoms with Crippen LogP contribution in [0, 0.1) is 0 Å². The topological polar surface area (TPSA) is 75.6 Å². The van der Waals surface area contributed by atoms with Crippen LogP contribution in [0.4, 0.5) is 0 Å². The maximum absolute atomic E-state index is 12.3. The van der Waals surface area contributed by atoms with Gasteiger partial charge in [-0.3, -0.25) is 14.6 Å². The number of hydrogen-bond acceptors (Lipinski definition) is 4. The molecule has 0 saturated heterocycles. The van der Waals surface area contributed by atoms with Crippen molar-refractivity contribution in [3.63, 3.8) is 0 Å². The molecule has 23 heavy (non-hydrogen) atoms. The van der Waals surface area contributed by atoms with Gasteiger partial charge >= 0.3 is 0 Å². The van der Waals surface area contributed by atoms with E-state index in [-0.39, 0.29) is 5.91 Å². The lowest BCUT2D eigenvalue weighted by molar-refractivity contribution is 0.0949. The molecule has 0 aliphatic carbocycles. The summed E-state index contributed by atoms with van der Waals surface area (Å²) in [5.41, 5.74) is 2.31. The number of nitrogens with zero attached hydrogens (tertiary/aromatic N) is 3. The number of aryl methyl sites for hydroxylation is 1. The van der Waals surface area contributed by atoms with Crippen LogP contribution in [0.3, 0.4) is 0 Å². The van der Waals surface area contributed by atoms with Gasteiger partial charge in [0.2, 0.25) is 0 Å². The first-order valence-corrected chi connectivity index (χ1v) is 8.53. The van der Waals surface area contributed by atoms with Crippen LogP contribution in [0.15, 0.2) is 18.3 Å². The molecule has 0 unspecified atom stereocenters. The first-order valence-electron chi connectivity index (χ1n) is 7.90. The van der Waals surface area contributed by atoms with E-state index in [1.807, 2.05) is 19.2 Å². The molecule has 0 spiro atoms. The summed E-state index contributed by atoms with van der Waals surface area (Å²) in [4.78, 5) is 12.3. The molecule has 0 atom stereocenters. The molecule has 0 aliphatic rings. The summed E-state index contributed by atoms with van der Waals surface area (Å²) < 4.78 is 1.81. The molecule has 1 aromatic carbocycles. The third kappa shape index (κ3) is 3.19. The molecule has 3 rings (SSSR count). The van der Waals surface area contributed by atoms with Crippen LogP contribution in [0.25, 0.3) is 21.8 Å². The number of benzene rings is 1. The van der Waals surface area contributed by atoms with Crippen LogP contribution in [0.1, 0.15) is 36.2 Å². The van der Waals surface area contributed by atoms with Crippen LogP contribution in [0.2, 0.25) is 0 Å². The monoisotopic (exact) mass is 331 g/mol.